The number of nitrogens with zero attached hydrogens (tertiary/aromatic N) is 4. The summed E-state index contributed by atoms with van der Waals surface area (Å²) >= 11 is 0. The number of nitrogens with two attached hydrogens (primary N) is 1. The first-order valence-electron chi connectivity index (χ1n) is 7.99. The monoisotopic (exact) mass is 353 g/mol. The van der Waals surface area contributed by atoms with Gasteiger partial charge in [0.25, 0.3) is 11.9 Å². The molecule has 8 nitrogen and oxygen atoms in total. The highest BCUT2D eigenvalue weighted by Crippen LogP contribution is 2.35. The van der Waals surface area contributed by atoms with Crippen LogP contribution in [0.15, 0.2) is 55.0 Å². The van der Waals surface area contributed by atoms with Gasteiger partial charge < -0.3 is 15.9 Å². The van der Waals surface area contributed by atoms with Crippen LogP contribution in [0.25, 0.3) is 5.95 Å². The maximum absolute atomic E-state index is 11.9. The Morgan fingerprint density at radius 1 is 1.31 bits per heavy atom. The third-order valence-electron chi connectivity index (χ3n) is 4.13. The lowest BCUT2D eigenvalue weighted by Crippen LogP contribution is -2.39. The van der Waals surface area contributed by atoms with Crippen molar-refractivity contribution in [2.75, 3.05) is 6.61 Å². The van der Waals surface area contributed by atoms with Crippen LogP contribution in [-0.2, 0) is 0 Å². The van der Waals surface area contributed by atoms with Crippen LogP contribution in [0.4, 0.5) is 0 Å². The smallest absolute Gasteiger partial charge is 0.252 e. The van der Waals surface area contributed by atoms with E-state index in [0.29, 0.717) is 5.56 Å². The van der Waals surface area contributed by atoms with Crippen molar-refractivity contribution in [2.45, 2.75) is 18.4 Å². The Bertz CT molecular complexity index is 894. The first kappa shape index (κ1) is 17.7. The maximum atomic E-state index is 11.9. The van der Waals surface area contributed by atoms with Gasteiger partial charge in [0.2, 0.25) is 0 Å². The van der Waals surface area contributed by atoms with E-state index in [-0.39, 0.29) is 17.2 Å². The Morgan fingerprint density at radius 3 is 2.62 bits per heavy atom. The molecule has 0 bridgehead atoms. The molecule has 2 atom stereocenters. The third kappa shape index (κ3) is 3.32. The van der Waals surface area contributed by atoms with Crippen molar-refractivity contribution in [1.82, 2.24) is 19.7 Å². The number of primary amides is 1. The van der Waals surface area contributed by atoms with E-state index in [4.69, 9.17) is 5.73 Å². The molecule has 0 aliphatic heterocycles. The van der Waals surface area contributed by atoms with Gasteiger partial charge in [0, 0.05) is 18.6 Å². The highest BCUT2D eigenvalue weighted by atomic mass is 16.3. The molecule has 1 unspecified atom stereocenters. The quantitative estimate of drug-likeness (QED) is 0.597. The third-order valence-corrected chi connectivity index (χ3v) is 4.13. The van der Waals surface area contributed by atoms with Gasteiger partial charge in [0.1, 0.15) is 0 Å². The number of aliphatic hydroxyl groups excluding tert-OH is 1. The van der Waals surface area contributed by atoms with Gasteiger partial charge in [-0.15, -0.1) is 0 Å². The van der Waals surface area contributed by atoms with Crippen molar-refractivity contribution in [2.24, 2.45) is 5.73 Å². The number of benzene rings is 1. The number of hydrogen-bond donors (Lipinski definition) is 3. The molecule has 26 heavy (non-hydrogen) atoms. The van der Waals surface area contributed by atoms with Gasteiger partial charge in [0.15, 0.2) is 0 Å². The molecule has 4 N–H and O–H groups in total. The zero-order valence-corrected chi connectivity index (χ0v) is 14.1. The van der Waals surface area contributed by atoms with E-state index in [0.717, 1.165) is 0 Å². The van der Waals surface area contributed by atoms with Gasteiger partial charge in [-0.05, 0) is 18.6 Å². The molecule has 0 saturated carbocycles. The highest BCUT2D eigenvalue weighted by Gasteiger charge is 2.37. The molecule has 2 heterocycles. The van der Waals surface area contributed by atoms with Crippen molar-refractivity contribution < 1.29 is 15.0 Å². The second-order valence-electron chi connectivity index (χ2n) is 6.14. The number of hydrogen-bond acceptors (Lipinski definition) is 6. The average molecular weight is 353 g/mol. The van der Waals surface area contributed by atoms with Gasteiger partial charge in [-0.2, -0.15) is 5.10 Å². The van der Waals surface area contributed by atoms with Crippen LogP contribution in [0.5, 0.6) is 0 Å². The zero-order valence-electron chi connectivity index (χ0n) is 14.1. The van der Waals surface area contributed by atoms with E-state index >= 15 is 0 Å². The number of amides is 1. The Balaban J connectivity index is 2.25. The topological polar surface area (TPSA) is 127 Å². The van der Waals surface area contributed by atoms with E-state index in [2.05, 4.69) is 15.1 Å². The van der Waals surface area contributed by atoms with Crippen LogP contribution in [0.3, 0.4) is 0 Å². The van der Waals surface area contributed by atoms with Gasteiger partial charge in [-0.1, -0.05) is 30.3 Å². The van der Waals surface area contributed by atoms with Gasteiger partial charge in [0.05, 0.1) is 29.4 Å². The van der Waals surface area contributed by atoms with Crippen LogP contribution < -0.4 is 5.73 Å². The molecule has 0 aliphatic carbocycles. The minimum absolute atomic E-state index is 0.0727. The van der Waals surface area contributed by atoms with Gasteiger partial charge in [-0.25, -0.2) is 14.6 Å². The van der Waals surface area contributed by atoms with Crippen LogP contribution in [0, 0.1) is 0 Å². The van der Waals surface area contributed by atoms with E-state index in [9.17, 15) is 15.0 Å². The molecular weight excluding hydrogens is 334 g/mol. The predicted octanol–water partition coefficient (Wildman–Crippen LogP) is 0.636. The van der Waals surface area contributed by atoms with Crippen LogP contribution in [-0.4, -0.2) is 48.1 Å². The summed E-state index contributed by atoms with van der Waals surface area (Å²) < 4.78 is 1.43. The van der Waals surface area contributed by atoms with Crippen molar-refractivity contribution in [1.29, 1.82) is 0 Å². The molecule has 0 fully saturated rings. The largest absolute Gasteiger partial charge is 0.393 e. The molecule has 0 saturated heterocycles. The Hall–Kier alpha value is -3.10. The number of rotatable bonds is 6. The molecule has 134 valence electrons. The molecule has 1 aromatic carbocycles. The minimum Gasteiger partial charge on any atom is -0.393 e. The molecule has 8 heteroatoms. The summed E-state index contributed by atoms with van der Waals surface area (Å²) in [6, 6.07) is 10.7. The summed E-state index contributed by atoms with van der Waals surface area (Å²) in [5.41, 5.74) is 4.89. The molecular formula is C18H19N5O3. The number of carbonyl (C=O) groups is 1. The summed E-state index contributed by atoms with van der Waals surface area (Å²) in [6.45, 7) is 0.941. The lowest BCUT2D eigenvalue weighted by atomic mass is 9.80. The van der Waals surface area contributed by atoms with Gasteiger partial charge >= 0.3 is 0 Å². The molecule has 3 aromatic rings. The molecule has 3 rings (SSSR count). The minimum atomic E-state index is -1.58. The SMILES string of the molecule is CC(O)(CO)[C@H](c1ccccc1)c1nc(-n2cccn2)ncc1C(N)=O. The van der Waals surface area contributed by atoms with E-state index < -0.39 is 24.0 Å². The first-order chi connectivity index (χ1) is 12.4. The fraction of sp³-hybridized carbons (Fsp3) is 0.222. The summed E-state index contributed by atoms with van der Waals surface area (Å²) in [5, 5.41) is 24.7. The number of carbonyl (C=O) groups excluding carboxylic acids is 1. The van der Waals surface area contributed by atoms with E-state index in [1.165, 1.54) is 17.8 Å². The predicted molar refractivity (Wildman–Crippen MR) is 93.7 cm³/mol. The van der Waals surface area contributed by atoms with Crippen molar-refractivity contribution in [3.8, 4) is 5.95 Å². The fourth-order valence-corrected chi connectivity index (χ4v) is 2.84. The number of aromatic nitrogens is 4. The van der Waals surface area contributed by atoms with Crippen molar-refractivity contribution >= 4 is 5.91 Å². The van der Waals surface area contributed by atoms with Crippen LogP contribution in [0.2, 0.25) is 0 Å². The summed E-state index contributed by atoms with van der Waals surface area (Å²) in [4.78, 5) is 20.5. The summed E-state index contributed by atoms with van der Waals surface area (Å²) in [7, 11) is 0. The lowest BCUT2D eigenvalue weighted by molar-refractivity contribution is -0.0126. The fourth-order valence-electron chi connectivity index (χ4n) is 2.84. The van der Waals surface area contributed by atoms with E-state index in [1.807, 2.05) is 6.07 Å². The molecule has 1 amide bonds. The van der Waals surface area contributed by atoms with Crippen molar-refractivity contribution in [3.63, 3.8) is 0 Å². The maximum Gasteiger partial charge on any atom is 0.252 e. The molecule has 2 aromatic heterocycles. The Labute approximate surface area is 150 Å². The Morgan fingerprint density at radius 2 is 2.04 bits per heavy atom. The van der Waals surface area contributed by atoms with Crippen molar-refractivity contribution in [3.05, 3.63) is 71.8 Å². The first-order valence-corrected chi connectivity index (χ1v) is 7.99. The van der Waals surface area contributed by atoms with Gasteiger partial charge in [-0.3, -0.25) is 4.79 Å². The normalized spacial score (nSPS) is 14.6. The molecule has 0 aliphatic rings. The van der Waals surface area contributed by atoms with E-state index in [1.54, 1.807) is 42.7 Å². The second kappa shape index (κ2) is 7.03. The summed E-state index contributed by atoms with van der Waals surface area (Å²) in [6.07, 6.45) is 4.54. The van der Waals surface area contributed by atoms with Crippen LogP contribution >= 0.6 is 0 Å². The highest BCUT2D eigenvalue weighted by molar-refractivity contribution is 5.94. The number of aliphatic hydroxyl groups is 2. The standard InChI is InChI=1S/C18H19N5O3/c1-18(26,11-24)14(12-6-3-2-4-7-12)15-13(16(19)25)10-20-17(22-15)23-9-5-8-21-23/h2-10,14,24,26H,11H2,1H3,(H2,19,25)/t14-,18?/m1/s1. The Kier molecular flexibility index (Phi) is 4.79. The average Bonchev–Trinajstić information content (AvgIpc) is 3.17. The molecule has 0 spiro atoms. The zero-order chi connectivity index (χ0) is 18.7. The lowest BCUT2D eigenvalue weighted by Gasteiger charge is -2.32. The summed E-state index contributed by atoms with van der Waals surface area (Å²) in [5.74, 6) is -1.29. The second-order valence-corrected chi connectivity index (χ2v) is 6.14. The molecule has 0 radical (unpaired) electrons. The van der Waals surface area contributed by atoms with Crippen LogP contribution in [0.1, 0.15) is 34.5 Å².